The molecule has 1 aromatic carbocycles. The lowest BCUT2D eigenvalue weighted by atomic mass is 10.1. The van der Waals surface area contributed by atoms with Gasteiger partial charge in [0.05, 0.1) is 16.6 Å². The summed E-state index contributed by atoms with van der Waals surface area (Å²) in [7, 11) is 1.53. The van der Waals surface area contributed by atoms with Gasteiger partial charge in [-0.3, -0.25) is 14.7 Å². The molecule has 1 aliphatic rings. The van der Waals surface area contributed by atoms with Crippen molar-refractivity contribution in [1.29, 1.82) is 5.26 Å². The van der Waals surface area contributed by atoms with E-state index in [0.717, 1.165) is 0 Å². The number of benzene rings is 1. The van der Waals surface area contributed by atoms with Crippen molar-refractivity contribution >= 4 is 27.7 Å². The maximum absolute atomic E-state index is 12.8. The molecule has 120 valence electrons. The number of morpholine rings is 1. The van der Waals surface area contributed by atoms with E-state index in [1.807, 2.05) is 13.0 Å². The van der Waals surface area contributed by atoms with Gasteiger partial charge in [0, 0.05) is 18.8 Å². The fraction of sp³-hybridized carbons (Fsp3) is 0.267. The fourth-order valence-electron chi connectivity index (χ4n) is 2.27. The fourth-order valence-corrected chi connectivity index (χ4v) is 2.73. The number of amides is 1. The number of nitrogens with two attached hydrogens (primary N) is 1. The molecular formula is C15H15BrN4O3. The molecule has 7 nitrogen and oxygen atoms in total. The predicted octanol–water partition coefficient (Wildman–Crippen LogP) is 1.72. The number of carbonyl (C=O) groups is 1. The first kappa shape index (κ1) is 16.8. The van der Waals surface area contributed by atoms with E-state index in [9.17, 15) is 9.90 Å². The molecular weight excluding hydrogens is 364 g/mol. The molecule has 1 aliphatic heterocycles. The lowest BCUT2D eigenvalue weighted by Crippen LogP contribution is -2.48. The second kappa shape index (κ2) is 6.71. The van der Waals surface area contributed by atoms with E-state index in [2.05, 4.69) is 20.9 Å². The predicted molar refractivity (Wildman–Crippen MR) is 87.7 cm³/mol. The van der Waals surface area contributed by atoms with Gasteiger partial charge < -0.3 is 15.6 Å². The molecule has 0 saturated carbocycles. The highest BCUT2D eigenvalue weighted by molar-refractivity contribution is 9.10. The summed E-state index contributed by atoms with van der Waals surface area (Å²) in [6.07, 6.45) is 1.00. The molecule has 23 heavy (non-hydrogen) atoms. The first-order chi connectivity index (χ1) is 10.9. The molecule has 1 atom stereocenters. The Morgan fingerprint density at radius 3 is 2.91 bits per heavy atom. The number of nitriles is 1. The molecule has 0 spiro atoms. The Hall–Kier alpha value is -2.53. The number of rotatable bonds is 1. The number of phenols is 1. The minimum absolute atomic E-state index is 0.00797. The maximum Gasteiger partial charge on any atom is 0.259 e. The molecule has 0 unspecified atom stereocenters. The molecule has 1 fully saturated rings. The number of ether oxygens (including phenoxy) is 1. The first-order valence-corrected chi connectivity index (χ1v) is 7.52. The molecule has 0 bridgehead atoms. The van der Waals surface area contributed by atoms with Gasteiger partial charge in [-0.15, -0.1) is 0 Å². The van der Waals surface area contributed by atoms with Crippen LogP contribution in [-0.2, 0) is 4.74 Å². The summed E-state index contributed by atoms with van der Waals surface area (Å²) in [6, 6.07) is 4.64. The summed E-state index contributed by atoms with van der Waals surface area (Å²) in [4.78, 5) is 18.3. The monoisotopic (exact) mass is 378 g/mol. The number of nitrogens with zero attached hydrogens (tertiary/aromatic N) is 3. The zero-order valence-electron chi connectivity index (χ0n) is 12.6. The van der Waals surface area contributed by atoms with Gasteiger partial charge in [-0.1, -0.05) is 0 Å². The number of phenolic OH excluding ortho intramolecular Hbond substituents is 1. The molecule has 8 heteroatoms. The van der Waals surface area contributed by atoms with E-state index in [1.165, 1.54) is 30.3 Å². The Morgan fingerprint density at radius 1 is 1.65 bits per heavy atom. The first-order valence-electron chi connectivity index (χ1n) is 6.73. The quantitative estimate of drug-likeness (QED) is 0.772. The van der Waals surface area contributed by atoms with Crippen molar-refractivity contribution < 1.29 is 14.6 Å². The molecule has 0 aromatic heterocycles. The van der Waals surface area contributed by atoms with Crippen molar-refractivity contribution in [2.24, 2.45) is 10.7 Å². The van der Waals surface area contributed by atoms with E-state index in [0.29, 0.717) is 18.1 Å². The van der Waals surface area contributed by atoms with Crippen molar-refractivity contribution in [2.45, 2.75) is 13.0 Å². The summed E-state index contributed by atoms with van der Waals surface area (Å²) in [5, 5.41) is 18.8. The van der Waals surface area contributed by atoms with Crippen LogP contribution >= 0.6 is 15.9 Å². The Kier molecular flexibility index (Phi) is 4.91. The molecule has 1 heterocycles. The lowest BCUT2D eigenvalue weighted by molar-refractivity contribution is 0.0626. The summed E-state index contributed by atoms with van der Waals surface area (Å²) in [5.41, 5.74) is 5.79. The molecule has 0 aliphatic carbocycles. The van der Waals surface area contributed by atoms with Crippen LogP contribution in [-0.4, -0.2) is 41.4 Å². The van der Waals surface area contributed by atoms with E-state index >= 15 is 0 Å². The van der Waals surface area contributed by atoms with Crippen molar-refractivity contribution in [2.75, 3.05) is 13.6 Å². The standard InChI is InChI=1S/C15H15BrN4O3/c1-8-7-20(14(19-2)12(6-18)23-8)15(22)9-3-10(5-17)13(21)11(16)4-9/h3-4,6,8,21H,7,18H2,1-2H3/t8-/m1/s1. The topological polar surface area (TPSA) is 112 Å². The molecule has 1 aromatic rings. The van der Waals surface area contributed by atoms with E-state index in [-0.39, 0.29) is 33.4 Å². The van der Waals surface area contributed by atoms with Gasteiger partial charge in [0.2, 0.25) is 0 Å². The molecule has 1 saturated heterocycles. The SMILES string of the molecule is CN=C1C(=CN)O[C@H](C)CN1C(=O)c1cc(Br)c(O)c(C#N)c1. The average molecular weight is 379 g/mol. The van der Waals surface area contributed by atoms with Crippen LogP contribution < -0.4 is 5.73 Å². The minimum Gasteiger partial charge on any atom is -0.505 e. The highest BCUT2D eigenvalue weighted by Crippen LogP contribution is 2.30. The van der Waals surface area contributed by atoms with E-state index in [4.69, 9.17) is 15.7 Å². The number of halogens is 1. The Balaban J connectivity index is 2.47. The minimum atomic E-state index is -0.364. The van der Waals surface area contributed by atoms with Crippen molar-refractivity contribution in [3.63, 3.8) is 0 Å². The highest BCUT2D eigenvalue weighted by atomic mass is 79.9. The van der Waals surface area contributed by atoms with Crippen LogP contribution in [0.1, 0.15) is 22.8 Å². The number of hydrogen-bond acceptors (Lipinski definition) is 6. The number of aliphatic imine (C=N–C) groups is 1. The zero-order valence-corrected chi connectivity index (χ0v) is 14.2. The highest BCUT2D eigenvalue weighted by Gasteiger charge is 2.32. The second-order valence-electron chi connectivity index (χ2n) is 4.89. The Labute approximate surface area is 141 Å². The molecule has 0 radical (unpaired) electrons. The van der Waals surface area contributed by atoms with Gasteiger partial charge in [0.1, 0.15) is 17.9 Å². The van der Waals surface area contributed by atoms with Crippen molar-refractivity contribution in [3.8, 4) is 11.8 Å². The third-order valence-electron chi connectivity index (χ3n) is 3.28. The van der Waals surface area contributed by atoms with Crippen LogP contribution in [0.5, 0.6) is 5.75 Å². The van der Waals surface area contributed by atoms with Crippen LogP contribution in [0, 0.1) is 11.3 Å². The normalized spacial score (nSPS) is 21.1. The Morgan fingerprint density at radius 2 is 2.35 bits per heavy atom. The average Bonchev–Trinajstić information content (AvgIpc) is 2.55. The third kappa shape index (κ3) is 3.14. The van der Waals surface area contributed by atoms with Gasteiger partial charge in [-0.05, 0) is 35.0 Å². The number of amidine groups is 1. The summed E-state index contributed by atoms with van der Waals surface area (Å²) < 4.78 is 5.82. The van der Waals surface area contributed by atoms with Crippen LogP contribution in [0.4, 0.5) is 0 Å². The molecule has 2 rings (SSSR count). The maximum atomic E-state index is 12.8. The smallest absolute Gasteiger partial charge is 0.259 e. The summed E-state index contributed by atoms with van der Waals surface area (Å²) in [5.74, 6) is 0.0693. The second-order valence-corrected chi connectivity index (χ2v) is 5.74. The number of aromatic hydroxyl groups is 1. The van der Waals surface area contributed by atoms with Crippen molar-refractivity contribution in [1.82, 2.24) is 4.90 Å². The van der Waals surface area contributed by atoms with Gasteiger partial charge in [-0.2, -0.15) is 5.26 Å². The van der Waals surface area contributed by atoms with E-state index < -0.39 is 0 Å². The molecule has 3 N–H and O–H groups in total. The van der Waals surface area contributed by atoms with Gasteiger partial charge in [0.15, 0.2) is 11.6 Å². The van der Waals surface area contributed by atoms with Crippen LogP contribution in [0.25, 0.3) is 0 Å². The summed E-state index contributed by atoms with van der Waals surface area (Å²) in [6.45, 7) is 2.10. The summed E-state index contributed by atoms with van der Waals surface area (Å²) >= 11 is 3.14. The number of hydrogen-bond donors (Lipinski definition) is 2. The third-order valence-corrected chi connectivity index (χ3v) is 3.89. The number of carbonyl (C=O) groups excluding carboxylic acids is 1. The van der Waals surface area contributed by atoms with Crippen LogP contribution in [0.3, 0.4) is 0 Å². The lowest BCUT2D eigenvalue weighted by Gasteiger charge is -2.34. The van der Waals surface area contributed by atoms with Crippen LogP contribution in [0.2, 0.25) is 0 Å². The van der Waals surface area contributed by atoms with E-state index in [1.54, 1.807) is 0 Å². The van der Waals surface area contributed by atoms with Gasteiger partial charge >= 0.3 is 0 Å². The Bertz CT molecular complexity index is 752. The van der Waals surface area contributed by atoms with Gasteiger partial charge in [0.25, 0.3) is 5.91 Å². The zero-order chi connectivity index (χ0) is 17.1. The van der Waals surface area contributed by atoms with Crippen LogP contribution in [0.15, 0.2) is 33.6 Å². The largest absolute Gasteiger partial charge is 0.505 e. The molecule has 1 amide bonds. The van der Waals surface area contributed by atoms with Gasteiger partial charge in [-0.25, -0.2) is 0 Å². The van der Waals surface area contributed by atoms with Crippen molar-refractivity contribution in [3.05, 3.63) is 39.7 Å².